The molecule has 0 saturated carbocycles. The molecule has 0 aliphatic carbocycles. The minimum absolute atomic E-state index is 1.14. The number of rotatable bonds is 1. The van der Waals surface area contributed by atoms with Gasteiger partial charge in [0.15, 0.2) is 0 Å². The Kier molecular flexibility index (Phi) is 4.83. The molecule has 0 aromatic heterocycles. The molecule has 15 heavy (non-hydrogen) atoms. The fourth-order valence-electron chi connectivity index (χ4n) is 1.82. The molecule has 2 rings (SSSR count). The van der Waals surface area contributed by atoms with E-state index in [0.717, 1.165) is 19.6 Å². The number of nitrogens with zero attached hydrogens (tertiary/aromatic N) is 1. The lowest BCUT2D eigenvalue weighted by Gasteiger charge is -2.09. The van der Waals surface area contributed by atoms with E-state index in [2.05, 4.69) is 50.8 Å². The van der Waals surface area contributed by atoms with Gasteiger partial charge in [0.25, 0.3) is 0 Å². The first-order chi connectivity index (χ1) is 7.21. The highest BCUT2D eigenvalue weighted by atomic mass is 15.1. The highest BCUT2D eigenvalue weighted by molar-refractivity contribution is 5.34. The summed E-state index contributed by atoms with van der Waals surface area (Å²) in [7, 11) is 0. The second-order valence-corrected chi connectivity index (χ2v) is 4.28. The van der Waals surface area contributed by atoms with E-state index in [1.807, 2.05) is 0 Å². The second-order valence-electron chi connectivity index (χ2n) is 4.28. The number of hydrogen-bond donors (Lipinski definition) is 0. The van der Waals surface area contributed by atoms with Gasteiger partial charge in [-0.2, -0.15) is 0 Å². The molecule has 84 valence electrons. The molecular formula is C14H23N. The lowest BCUT2D eigenvalue weighted by atomic mass is 10.1. The minimum atomic E-state index is 1.14. The Bertz CT molecular complexity index is 304. The van der Waals surface area contributed by atoms with E-state index < -0.39 is 0 Å². The smallest absolute Gasteiger partial charge is 0.0240 e. The molecule has 1 nitrogen and oxygen atoms in total. The zero-order valence-corrected chi connectivity index (χ0v) is 10.5. The topological polar surface area (TPSA) is 3.24 Å². The van der Waals surface area contributed by atoms with Crippen molar-refractivity contribution in [1.82, 2.24) is 4.90 Å². The Balaban J connectivity index is 0.000000337. The molecule has 0 N–H and O–H groups in total. The molecule has 0 amide bonds. The molecule has 1 heteroatoms. The van der Waals surface area contributed by atoms with Crippen LogP contribution in [0.5, 0.6) is 0 Å². The van der Waals surface area contributed by atoms with Crippen LogP contribution in [0, 0.1) is 6.92 Å². The van der Waals surface area contributed by atoms with Crippen LogP contribution in [-0.4, -0.2) is 11.4 Å². The summed E-state index contributed by atoms with van der Waals surface area (Å²) in [4.78, 5) is 2.46. The molecule has 1 aliphatic heterocycles. The summed E-state index contributed by atoms with van der Waals surface area (Å²) >= 11 is 0. The average Bonchev–Trinajstić information content (AvgIpc) is 2.61. The summed E-state index contributed by atoms with van der Waals surface area (Å²) in [5.74, 6) is 0. The van der Waals surface area contributed by atoms with Crippen LogP contribution in [0.15, 0.2) is 18.2 Å². The molecule has 1 aromatic rings. The summed E-state index contributed by atoms with van der Waals surface area (Å²) in [6, 6.07) is 6.78. The second kappa shape index (κ2) is 5.92. The van der Waals surface area contributed by atoms with Crippen LogP contribution in [0.3, 0.4) is 0 Å². The molecule has 1 heterocycles. The molecule has 1 aliphatic rings. The van der Waals surface area contributed by atoms with Gasteiger partial charge in [0, 0.05) is 13.1 Å². The molecule has 0 saturated heterocycles. The van der Waals surface area contributed by atoms with Gasteiger partial charge in [-0.05, 0) is 24.6 Å². The van der Waals surface area contributed by atoms with Crippen LogP contribution < -0.4 is 0 Å². The third-order valence-electron chi connectivity index (χ3n) is 2.60. The maximum absolute atomic E-state index is 2.46. The zero-order chi connectivity index (χ0) is 11.3. The third-order valence-corrected chi connectivity index (χ3v) is 2.60. The van der Waals surface area contributed by atoms with Gasteiger partial charge in [-0.15, -0.1) is 0 Å². The first kappa shape index (κ1) is 12.3. The summed E-state index contributed by atoms with van der Waals surface area (Å²) in [6.45, 7) is 12.1. The molecule has 0 spiro atoms. The Morgan fingerprint density at radius 1 is 1.07 bits per heavy atom. The van der Waals surface area contributed by atoms with Gasteiger partial charge in [0.05, 0.1) is 0 Å². The summed E-state index contributed by atoms with van der Waals surface area (Å²) in [5.41, 5.74) is 4.42. The number of benzene rings is 1. The molecule has 0 unspecified atom stereocenters. The Morgan fingerprint density at radius 2 is 1.67 bits per heavy atom. The van der Waals surface area contributed by atoms with Gasteiger partial charge in [-0.1, -0.05) is 51.0 Å². The molecule has 0 radical (unpaired) electrons. The zero-order valence-electron chi connectivity index (χ0n) is 10.5. The van der Waals surface area contributed by atoms with Crippen molar-refractivity contribution in [2.75, 3.05) is 6.54 Å². The highest BCUT2D eigenvalue weighted by Gasteiger charge is 2.16. The Morgan fingerprint density at radius 3 is 2.27 bits per heavy atom. The standard InChI is InChI=1S/C11H15N.C3H8/c1-3-12-7-10-5-4-9(2)6-11(10)8-12;1-3-2/h4-6H,3,7-8H2,1-2H3;3H2,1-2H3. The number of fused-ring (bicyclic) bond motifs is 1. The van der Waals surface area contributed by atoms with Crippen LogP contribution in [0.1, 0.15) is 43.9 Å². The SMILES string of the molecule is CCC.CCN1Cc2ccc(C)cc2C1. The van der Waals surface area contributed by atoms with Crippen LogP contribution in [-0.2, 0) is 13.1 Å². The first-order valence-electron chi connectivity index (χ1n) is 6.02. The molecule has 0 bridgehead atoms. The fraction of sp³-hybridized carbons (Fsp3) is 0.571. The monoisotopic (exact) mass is 205 g/mol. The van der Waals surface area contributed by atoms with Crippen LogP contribution >= 0.6 is 0 Å². The van der Waals surface area contributed by atoms with E-state index in [1.165, 1.54) is 23.1 Å². The van der Waals surface area contributed by atoms with Crippen LogP contribution in [0.2, 0.25) is 0 Å². The van der Waals surface area contributed by atoms with Crippen LogP contribution in [0.25, 0.3) is 0 Å². The summed E-state index contributed by atoms with van der Waals surface area (Å²) in [6.07, 6.45) is 1.25. The Labute approximate surface area is 94.1 Å². The van der Waals surface area contributed by atoms with Gasteiger partial charge < -0.3 is 0 Å². The lowest BCUT2D eigenvalue weighted by molar-refractivity contribution is 0.301. The van der Waals surface area contributed by atoms with Gasteiger partial charge >= 0.3 is 0 Å². The van der Waals surface area contributed by atoms with E-state index in [-0.39, 0.29) is 0 Å². The summed E-state index contributed by atoms with van der Waals surface area (Å²) in [5, 5.41) is 0. The Hall–Kier alpha value is -0.820. The van der Waals surface area contributed by atoms with Crippen molar-refractivity contribution in [2.45, 2.75) is 47.2 Å². The van der Waals surface area contributed by atoms with Crippen molar-refractivity contribution in [3.05, 3.63) is 34.9 Å². The van der Waals surface area contributed by atoms with Crippen molar-refractivity contribution in [1.29, 1.82) is 0 Å². The maximum atomic E-state index is 2.46. The van der Waals surface area contributed by atoms with Gasteiger partial charge in [0.1, 0.15) is 0 Å². The molecular weight excluding hydrogens is 182 g/mol. The molecule has 0 atom stereocenters. The predicted octanol–water partition coefficient (Wildman–Crippen LogP) is 3.75. The normalized spacial score (nSPS) is 14.4. The van der Waals surface area contributed by atoms with Crippen LogP contribution in [0.4, 0.5) is 0 Å². The van der Waals surface area contributed by atoms with Crippen molar-refractivity contribution in [2.24, 2.45) is 0 Å². The third kappa shape index (κ3) is 3.35. The van der Waals surface area contributed by atoms with Gasteiger partial charge in [-0.3, -0.25) is 4.90 Å². The first-order valence-corrected chi connectivity index (χ1v) is 6.02. The van der Waals surface area contributed by atoms with Crippen molar-refractivity contribution in [3.63, 3.8) is 0 Å². The maximum Gasteiger partial charge on any atom is 0.0240 e. The largest absolute Gasteiger partial charge is 0.295 e. The van der Waals surface area contributed by atoms with E-state index in [1.54, 1.807) is 0 Å². The average molecular weight is 205 g/mol. The number of aryl methyl sites for hydroxylation is 1. The predicted molar refractivity (Wildman–Crippen MR) is 66.9 cm³/mol. The highest BCUT2D eigenvalue weighted by Crippen LogP contribution is 2.22. The summed E-state index contributed by atoms with van der Waals surface area (Å²) < 4.78 is 0. The van der Waals surface area contributed by atoms with Gasteiger partial charge in [0.2, 0.25) is 0 Å². The van der Waals surface area contributed by atoms with Crippen molar-refractivity contribution < 1.29 is 0 Å². The fourth-order valence-corrected chi connectivity index (χ4v) is 1.82. The molecule has 1 aromatic carbocycles. The van der Waals surface area contributed by atoms with Crippen molar-refractivity contribution in [3.8, 4) is 0 Å². The lowest BCUT2D eigenvalue weighted by Crippen LogP contribution is -2.14. The van der Waals surface area contributed by atoms with E-state index in [4.69, 9.17) is 0 Å². The van der Waals surface area contributed by atoms with E-state index in [9.17, 15) is 0 Å². The quantitative estimate of drug-likeness (QED) is 0.675. The number of hydrogen-bond acceptors (Lipinski definition) is 1. The van der Waals surface area contributed by atoms with E-state index >= 15 is 0 Å². The van der Waals surface area contributed by atoms with Crippen molar-refractivity contribution >= 4 is 0 Å². The molecule has 0 fully saturated rings. The van der Waals surface area contributed by atoms with E-state index in [0.29, 0.717) is 0 Å². The van der Waals surface area contributed by atoms with Gasteiger partial charge in [-0.25, -0.2) is 0 Å². The minimum Gasteiger partial charge on any atom is -0.295 e.